The number of nitrogens with zero attached hydrogens (tertiary/aromatic N) is 3. The molecule has 3 N–H and O–H groups in total. The summed E-state index contributed by atoms with van der Waals surface area (Å²) >= 11 is 0. The summed E-state index contributed by atoms with van der Waals surface area (Å²) in [5.74, 6) is -2.67. The zero-order chi connectivity index (χ0) is 29.1. The molecular formula is C29H20F4N6O2. The van der Waals surface area contributed by atoms with Crippen molar-refractivity contribution in [2.75, 3.05) is 12.4 Å². The van der Waals surface area contributed by atoms with Gasteiger partial charge in [-0.1, -0.05) is 30.3 Å². The van der Waals surface area contributed by atoms with E-state index in [0.29, 0.717) is 28.1 Å². The number of benzene rings is 2. The second-order valence-electron chi connectivity index (χ2n) is 8.79. The first-order valence-corrected chi connectivity index (χ1v) is 12.1. The van der Waals surface area contributed by atoms with Crippen molar-refractivity contribution in [3.63, 3.8) is 0 Å². The highest BCUT2D eigenvalue weighted by atomic mass is 19.4. The zero-order valence-corrected chi connectivity index (χ0v) is 21.3. The largest absolute Gasteiger partial charge is 0.417 e. The van der Waals surface area contributed by atoms with Crippen LogP contribution >= 0.6 is 0 Å². The van der Waals surface area contributed by atoms with Crippen LogP contribution in [0.3, 0.4) is 0 Å². The minimum absolute atomic E-state index is 0.105. The Morgan fingerprint density at radius 2 is 1.63 bits per heavy atom. The van der Waals surface area contributed by atoms with Crippen LogP contribution in [-0.2, 0) is 6.18 Å². The molecule has 0 unspecified atom stereocenters. The smallest absolute Gasteiger partial charge is 0.355 e. The van der Waals surface area contributed by atoms with E-state index in [-0.39, 0.29) is 23.4 Å². The molecule has 12 heteroatoms. The van der Waals surface area contributed by atoms with Gasteiger partial charge in [-0.2, -0.15) is 18.3 Å². The first-order valence-electron chi connectivity index (χ1n) is 12.1. The predicted molar refractivity (Wildman–Crippen MR) is 143 cm³/mol. The second-order valence-corrected chi connectivity index (χ2v) is 8.79. The van der Waals surface area contributed by atoms with Crippen molar-refractivity contribution in [1.82, 2.24) is 25.5 Å². The monoisotopic (exact) mass is 560 g/mol. The lowest BCUT2D eigenvalue weighted by Gasteiger charge is -2.16. The maximum absolute atomic E-state index is 15.0. The van der Waals surface area contributed by atoms with Crippen molar-refractivity contribution in [2.24, 2.45) is 0 Å². The Labute approximate surface area is 230 Å². The number of nitrogens with one attached hydrogen (secondary N) is 3. The van der Waals surface area contributed by atoms with Gasteiger partial charge in [-0.05, 0) is 36.4 Å². The molecule has 3 aromatic heterocycles. The van der Waals surface area contributed by atoms with Gasteiger partial charge in [0.1, 0.15) is 5.82 Å². The van der Waals surface area contributed by atoms with Crippen LogP contribution in [-0.4, -0.2) is 39.0 Å². The lowest BCUT2D eigenvalue weighted by molar-refractivity contribution is -0.137. The first-order chi connectivity index (χ1) is 19.7. The molecule has 0 atom stereocenters. The van der Waals surface area contributed by atoms with Crippen LogP contribution in [0.5, 0.6) is 0 Å². The highest BCUT2D eigenvalue weighted by Crippen LogP contribution is 2.38. The number of H-pyrrole nitrogens is 1. The van der Waals surface area contributed by atoms with Crippen LogP contribution in [0.2, 0.25) is 0 Å². The third kappa shape index (κ3) is 5.66. The summed E-state index contributed by atoms with van der Waals surface area (Å²) < 4.78 is 56.1. The number of carbonyl (C=O) groups excluding carboxylic acids is 2. The molecule has 0 saturated heterocycles. The van der Waals surface area contributed by atoms with Crippen LogP contribution in [0, 0.1) is 5.82 Å². The molecule has 0 fully saturated rings. The van der Waals surface area contributed by atoms with E-state index >= 15 is 4.39 Å². The Morgan fingerprint density at radius 1 is 0.854 bits per heavy atom. The Kier molecular flexibility index (Phi) is 7.30. The summed E-state index contributed by atoms with van der Waals surface area (Å²) in [6.45, 7) is 0. The number of carbonyl (C=O) groups is 2. The third-order valence-corrected chi connectivity index (χ3v) is 6.17. The van der Waals surface area contributed by atoms with Gasteiger partial charge in [0.2, 0.25) is 0 Å². The fourth-order valence-electron chi connectivity index (χ4n) is 4.16. The minimum Gasteiger partial charge on any atom is -0.355 e. The fourth-order valence-corrected chi connectivity index (χ4v) is 4.16. The van der Waals surface area contributed by atoms with E-state index in [1.807, 2.05) is 0 Å². The van der Waals surface area contributed by atoms with Crippen LogP contribution in [0.25, 0.3) is 33.8 Å². The molecule has 2 amide bonds. The van der Waals surface area contributed by atoms with Crippen molar-refractivity contribution in [3.05, 3.63) is 108 Å². The third-order valence-electron chi connectivity index (χ3n) is 6.17. The number of hydrogen-bond donors (Lipinski definition) is 3. The summed E-state index contributed by atoms with van der Waals surface area (Å²) in [5, 5.41) is 11.3. The number of pyridine rings is 2. The molecule has 5 aromatic rings. The summed E-state index contributed by atoms with van der Waals surface area (Å²) in [5.41, 5.74) is -0.0814. The van der Waals surface area contributed by atoms with E-state index in [1.165, 1.54) is 31.7 Å². The van der Waals surface area contributed by atoms with Crippen LogP contribution in [0.4, 0.5) is 23.2 Å². The van der Waals surface area contributed by atoms with Crippen LogP contribution in [0.15, 0.2) is 85.3 Å². The molecule has 0 aliphatic rings. The van der Waals surface area contributed by atoms with Gasteiger partial charge in [0.25, 0.3) is 11.8 Å². The average Bonchev–Trinajstić information content (AvgIpc) is 3.51. The molecule has 0 spiro atoms. The van der Waals surface area contributed by atoms with Crippen molar-refractivity contribution < 1.29 is 27.2 Å². The second kappa shape index (κ2) is 11.0. The SMILES string of the molecule is CNC(=O)c1ccc(-c2cnc(-c3ccccc3)c(NC(=O)c3cc(-c4cc[nH]n4)c(C(F)(F)F)cc3F)c2)nc1. The van der Waals surface area contributed by atoms with Crippen LogP contribution < -0.4 is 10.6 Å². The molecule has 0 aliphatic carbocycles. The van der Waals surface area contributed by atoms with E-state index in [0.717, 1.165) is 6.07 Å². The Balaban J connectivity index is 1.57. The maximum Gasteiger partial charge on any atom is 0.417 e. The molecule has 0 aliphatic heterocycles. The van der Waals surface area contributed by atoms with Gasteiger partial charge in [-0.25, -0.2) is 4.39 Å². The van der Waals surface area contributed by atoms with Gasteiger partial charge < -0.3 is 10.6 Å². The quantitative estimate of drug-likeness (QED) is 0.222. The van der Waals surface area contributed by atoms with Gasteiger partial charge in [-0.15, -0.1) is 0 Å². The number of alkyl halides is 3. The van der Waals surface area contributed by atoms with Gasteiger partial charge >= 0.3 is 6.18 Å². The molecule has 8 nitrogen and oxygen atoms in total. The Hall–Kier alpha value is -5.39. The molecule has 0 radical (unpaired) electrons. The highest BCUT2D eigenvalue weighted by molar-refractivity contribution is 6.07. The van der Waals surface area contributed by atoms with E-state index < -0.39 is 34.6 Å². The number of aromatic nitrogens is 4. The van der Waals surface area contributed by atoms with Gasteiger partial charge in [0.05, 0.1) is 39.5 Å². The maximum atomic E-state index is 15.0. The summed E-state index contributed by atoms with van der Waals surface area (Å²) in [6.07, 6.45) is -0.666. The minimum atomic E-state index is -4.89. The number of hydrogen-bond acceptors (Lipinski definition) is 5. The van der Waals surface area contributed by atoms with E-state index in [1.54, 1.807) is 48.5 Å². The van der Waals surface area contributed by atoms with E-state index in [2.05, 4.69) is 30.8 Å². The Bertz CT molecular complexity index is 1720. The van der Waals surface area contributed by atoms with Gasteiger partial charge in [0.15, 0.2) is 0 Å². The van der Waals surface area contributed by atoms with E-state index in [4.69, 9.17) is 0 Å². The van der Waals surface area contributed by atoms with E-state index in [9.17, 15) is 22.8 Å². The number of aromatic amines is 1. The molecule has 0 saturated carbocycles. The van der Waals surface area contributed by atoms with Crippen LogP contribution in [0.1, 0.15) is 26.3 Å². The summed E-state index contributed by atoms with van der Waals surface area (Å²) in [7, 11) is 1.49. The van der Waals surface area contributed by atoms with Gasteiger partial charge in [-0.3, -0.25) is 24.7 Å². The van der Waals surface area contributed by atoms with Crippen molar-refractivity contribution in [3.8, 4) is 33.8 Å². The molecule has 206 valence electrons. The standard InChI is InChI=1S/C29H20F4N6O2/c1-34-27(40)17-7-8-23(35-14-17)18-11-25(26(36-15-18)16-5-3-2-4-6-16)38-28(41)20-12-19(24-9-10-37-39-24)21(13-22(20)30)29(31,32)33/h2-15H,1H3,(H,34,40)(H,37,39)(H,38,41). The molecular weight excluding hydrogens is 540 g/mol. The lowest BCUT2D eigenvalue weighted by atomic mass is 9.99. The normalized spacial score (nSPS) is 11.2. The molecule has 41 heavy (non-hydrogen) atoms. The molecule has 3 heterocycles. The lowest BCUT2D eigenvalue weighted by Crippen LogP contribution is -2.18. The van der Waals surface area contributed by atoms with Crippen molar-refractivity contribution in [2.45, 2.75) is 6.18 Å². The number of anilines is 1. The first kappa shape index (κ1) is 27.2. The van der Waals surface area contributed by atoms with Crippen molar-refractivity contribution >= 4 is 17.5 Å². The average molecular weight is 561 g/mol. The molecule has 2 aromatic carbocycles. The Morgan fingerprint density at radius 3 is 2.27 bits per heavy atom. The van der Waals surface area contributed by atoms with Gasteiger partial charge in [0, 0.05) is 42.3 Å². The molecule has 5 rings (SSSR count). The molecule has 0 bridgehead atoms. The zero-order valence-electron chi connectivity index (χ0n) is 21.3. The number of rotatable bonds is 6. The number of halogens is 4. The highest BCUT2D eigenvalue weighted by Gasteiger charge is 2.36. The number of amides is 2. The predicted octanol–water partition coefficient (Wildman–Crippen LogP) is 5.97. The van der Waals surface area contributed by atoms with Crippen molar-refractivity contribution in [1.29, 1.82) is 0 Å². The summed E-state index contributed by atoms with van der Waals surface area (Å²) in [4.78, 5) is 34.0. The summed E-state index contributed by atoms with van der Waals surface area (Å²) in [6, 6.07) is 15.9. The fraction of sp³-hybridized carbons (Fsp3) is 0.0690. The topological polar surface area (TPSA) is 113 Å².